The lowest BCUT2D eigenvalue weighted by Crippen LogP contribution is -2.22. The van der Waals surface area contributed by atoms with Gasteiger partial charge in [-0.2, -0.15) is 0 Å². The number of benzene rings is 2. The third-order valence-corrected chi connectivity index (χ3v) is 3.08. The van der Waals surface area contributed by atoms with E-state index in [0.717, 1.165) is 0 Å². The second-order valence-corrected chi connectivity index (χ2v) is 4.89. The van der Waals surface area contributed by atoms with Gasteiger partial charge in [-0.05, 0) is 43.4 Å². The minimum Gasteiger partial charge on any atom is -0.494 e. The van der Waals surface area contributed by atoms with Gasteiger partial charge in [0.25, 0.3) is 0 Å². The molecule has 24 heavy (non-hydrogen) atoms. The molecule has 2 N–H and O–H groups in total. The number of nitrogens with one attached hydrogen (secondary N) is 2. The van der Waals surface area contributed by atoms with E-state index < -0.39 is 34.8 Å². The van der Waals surface area contributed by atoms with Crippen LogP contribution in [-0.4, -0.2) is 11.7 Å². The predicted octanol–water partition coefficient (Wildman–Crippen LogP) is 4.59. The quantitative estimate of drug-likeness (QED) is 0.361. The molecule has 0 amide bonds. The molecule has 2 aromatic rings. The normalized spacial score (nSPS) is 10.4. The van der Waals surface area contributed by atoms with Crippen molar-refractivity contribution < 1.29 is 26.7 Å². The van der Waals surface area contributed by atoms with Gasteiger partial charge < -0.3 is 15.4 Å². The summed E-state index contributed by atoms with van der Waals surface area (Å²) in [6.07, 6.45) is 0. The van der Waals surface area contributed by atoms with Crippen LogP contribution < -0.4 is 15.4 Å². The van der Waals surface area contributed by atoms with E-state index in [0.29, 0.717) is 18.0 Å². The number of rotatable bonds is 4. The van der Waals surface area contributed by atoms with Crippen LogP contribution in [0.3, 0.4) is 0 Å². The van der Waals surface area contributed by atoms with Gasteiger partial charge in [-0.25, -0.2) is 22.0 Å². The van der Waals surface area contributed by atoms with Crippen LogP contribution in [0.1, 0.15) is 6.92 Å². The fourth-order valence-electron chi connectivity index (χ4n) is 1.79. The Labute approximate surface area is 139 Å². The van der Waals surface area contributed by atoms with Crippen molar-refractivity contribution in [1.82, 2.24) is 0 Å². The first-order valence-electron chi connectivity index (χ1n) is 6.67. The van der Waals surface area contributed by atoms with Crippen LogP contribution >= 0.6 is 12.2 Å². The summed E-state index contributed by atoms with van der Waals surface area (Å²) in [5.41, 5.74) is -0.797. The van der Waals surface area contributed by atoms with E-state index in [1.54, 1.807) is 24.3 Å². The molecule has 0 aliphatic rings. The van der Waals surface area contributed by atoms with E-state index in [2.05, 4.69) is 5.32 Å². The summed E-state index contributed by atoms with van der Waals surface area (Å²) in [4.78, 5) is 0. The van der Waals surface area contributed by atoms with Crippen LogP contribution in [0.5, 0.6) is 5.75 Å². The van der Waals surface area contributed by atoms with Crippen LogP contribution in [0.25, 0.3) is 0 Å². The van der Waals surface area contributed by atoms with Crippen molar-refractivity contribution in [3.8, 4) is 5.75 Å². The Morgan fingerprint density at radius 1 is 0.875 bits per heavy atom. The summed E-state index contributed by atoms with van der Waals surface area (Å²) in [6, 6.07) is 6.37. The fraction of sp³-hybridized carbons (Fsp3) is 0.133. The summed E-state index contributed by atoms with van der Waals surface area (Å²) in [7, 11) is 0. The first-order valence-corrected chi connectivity index (χ1v) is 7.08. The molecule has 0 saturated carbocycles. The van der Waals surface area contributed by atoms with Crippen LogP contribution in [0.2, 0.25) is 0 Å². The van der Waals surface area contributed by atoms with Gasteiger partial charge in [0.15, 0.2) is 28.4 Å². The second kappa shape index (κ2) is 7.43. The Balaban J connectivity index is 2.15. The number of anilines is 2. The Morgan fingerprint density at radius 2 is 1.38 bits per heavy atom. The molecule has 2 rings (SSSR count). The molecule has 0 aromatic heterocycles. The Hall–Kier alpha value is -2.42. The van der Waals surface area contributed by atoms with Crippen LogP contribution in [0.15, 0.2) is 24.3 Å². The Morgan fingerprint density at radius 3 is 1.88 bits per heavy atom. The van der Waals surface area contributed by atoms with Crippen LogP contribution in [-0.2, 0) is 0 Å². The highest BCUT2D eigenvalue weighted by Gasteiger charge is 2.26. The summed E-state index contributed by atoms with van der Waals surface area (Å²) >= 11 is 4.82. The summed E-state index contributed by atoms with van der Waals surface area (Å²) in [6.45, 7) is 2.29. The van der Waals surface area contributed by atoms with Crippen molar-refractivity contribution in [3.63, 3.8) is 0 Å². The maximum Gasteiger partial charge on any atom is 0.200 e. The van der Waals surface area contributed by atoms with E-state index in [1.807, 2.05) is 12.2 Å². The molecule has 0 saturated heterocycles. The average Bonchev–Trinajstić information content (AvgIpc) is 2.57. The van der Waals surface area contributed by atoms with Crippen LogP contribution in [0.4, 0.5) is 33.3 Å². The molecule has 0 aliphatic heterocycles. The number of halogens is 5. The number of ether oxygens (including phenoxy) is 1. The van der Waals surface area contributed by atoms with Crippen molar-refractivity contribution in [2.75, 3.05) is 17.2 Å². The minimum absolute atomic E-state index is 0.345. The van der Waals surface area contributed by atoms with Crippen molar-refractivity contribution >= 4 is 28.7 Å². The molecule has 0 radical (unpaired) electrons. The first-order chi connectivity index (χ1) is 11.3. The van der Waals surface area contributed by atoms with Gasteiger partial charge in [-0.15, -0.1) is 0 Å². The standard InChI is InChI=1S/C15H11F5N2OS/c1-2-23-8-5-3-7(4-6-8)21-15(24)22-14-12(19)10(17)9(16)11(18)13(14)20/h3-6H,2H2,1H3,(H2,21,22,24). The smallest absolute Gasteiger partial charge is 0.200 e. The van der Waals surface area contributed by atoms with Gasteiger partial charge in [0.05, 0.1) is 6.61 Å². The lowest BCUT2D eigenvalue weighted by atomic mass is 10.2. The van der Waals surface area contributed by atoms with Crippen molar-refractivity contribution in [3.05, 3.63) is 53.4 Å². The minimum atomic E-state index is -2.24. The zero-order valence-corrected chi connectivity index (χ0v) is 13.0. The SMILES string of the molecule is CCOc1ccc(NC(=S)Nc2c(F)c(F)c(F)c(F)c2F)cc1. The van der Waals surface area contributed by atoms with E-state index in [1.165, 1.54) is 0 Å². The molecule has 0 fully saturated rings. The highest BCUT2D eigenvalue weighted by molar-refractivity contribution is 7.80. The molecule has 128 valence electrons. The molecule has 0 atom stereocenters. The molecule has 0 bridgehead atoms. The molecule has 0 spiro atoms. The Kier molecular flexibility index (Phi) is 5.55. The topological polar surface area (TPSA) is 33.3 Å². The fourth-order valence-corrected chi connectivity index (χ4v) is 2.01. The van der Waals surface area contributed by atoms with Gasteiger partial charge in [-0.3, -0.25) is 0 Å². The van der Waals surface area contributed by atoms with Gasteiger partial charge in [0, 0.05) is 5.69 Å². The van der Waals surface area contributed by atoms with Gasteiger partial charge in [0.1, 0.15) is 11.4 Å². The number of hydrogen-bond donors (Lipinski definition) is 2. The summed E-state index contributed by atoms with van der Waals surface area (Å²) in [5, 5.41) is 4.18. The highest BCUT2D eigenvalue weighted by Crippen LogP contribution is 2.27. The molecule has 0 aliphatic carbocycles. The number of thiocarbonyl (C=S) groups is 1. The lowest BCUT2D eigenvalue weighted by molar-refractivity contribution is 0.340. The molecule has 3 nitrogen and oxygen atoms in total. The highest BCUT2D eigenvalue weighted by atomic mass is 32.1. The Bertz CT molecular complexity index is 738. The lowest BCUT2D eigenvalue weighted by Gasteiger charge is -2.13. The van der Waals surface area contributed by atoms with Gasteiger partial charge >= 0.3 is 0 Å². The van der Waals surface area contributed by atoms with E-state index in [9.17, 15) is 22.0 Å². The molecule has 0 heterocycles. The van der Waals surface area contributed by atoms with E-state index in [-0.39, 0.29) is 5.11 Å². The van der Waals surface area contributed by atoms with Gasteiger partial charge in [0.2, 0.25) is 5.82 Å². The second-order valence-electron chi connectivity index (χ2n) is 4.48. The third kappa shape index (κ3) is 3.73. The molecule has 9 heteroatoms. The van der Waals surface area contributed by atoms with Gasteiger partial charge in [-0.1, -0.05) is 0 Å². The molecule has 2 aromatic carbocycles. The van der Waals surface area contributed by atoms with E-state index >= 15 is 0 Å². The molecular formula is C15H11F5N2OS. The maximum atomic E-state index is 13.6. The third-order valence-electron chi connectivity index (χ3n) is 2.87. The monoisotopic (exact) mass is 362 g/mol. The largest absolute Gasteiger partial charge is 0.494 e. The molecule has 0 unspecified atom stereocenters. The zero-order valence-electron chi connectivity index (χ0n) is 12.2. The maximum absolute atomic E-state index is 13.6. The van der Waals surface area contributed by atoms with Crippen molar-refractivity contribution in [2.24, 2.45) is 0 Å². The van der Waals surface area contributed by atoms with E-state index in [4.69, 9.17) is 17.0 Å². The zero-order chi connectivity index (χ0) is 17.9. The van der Waals surface area contributed by atoms with Crippen molar-refractivity contribution in [2.45, 2.75) is 6.92 Å². The average molecular weight is 362 g/mol. The summed E-state index contributed by atoms with van der Waals surface area (Å²) in [5.74, 6) is -9.74. The van der Waals surface area contributed by atoms with Crippen LogP contribution in [0, 0.1) is 29.1 Å². The first kappa shape index (κ1) is 17.9. The number of hydrogen-bond acceptors (Lipinski definition) is 2. The summed E-state index contributed by atoms with van der Waals surface area (Å²) < 4.78 is 71.5. The van der Waals surface area contributed by atoms with Crippen molar-refractivity contribution in [1.29, 1.82) is 0 Å². The molecular weight excluding hydrogens is 351 g/mol. The predicted molar refractivity (Wildman–Crippen MR) is 83.7 cm³/mol.